The molecular weight excluding hydrogens is 286 g/mol. The van der Waals surface area contributed by atoms with Crippen LogP contribution in [0.4, 0.5) is 5.69 Å². The van der Waals surface area contributed by atoms with E-state index in [1.54, 1.807) is 25.1 Å². The summed E-state index contributed by atoms with van der Waals surface area (Å²) in [6.45, 7) is 4.15. The zero-order valence-electron chi connectivity index (χ0n) is 12.4. The Bertz CT molecular complexity index is 740. The predicted octanol–water partition coefficient (Wildman–Crippen LogP) is 1.59. The van der Waals surface area contributed by atoms with Gasteiger partial charge in [0.2, 0.25) is 0 Å². The highest BCUT2D eigenvalue weighted by Crippen LogP contribution is 2.29. The lowest BCUT2D eigenvalue weighted by atomic mass is 10.1. The standard InChI is InChI=1S/C15H17N3O4/c1-3-21-12-6-5-9(16)7-10(12)13-17-8-11(14(19)18-13)15(20)22-4-2/h5-8H,3-4,16H2,1-2H3,(H,17,18,19). The van der Waals surface area contributed by atoms with E-state index in [-0.39, 0.29) is 18.0 Å². The van der Waals surface area contributed by atoms with Gasteiger partial charge in [0.15, 0.2) is 0 Å². The van der Waals surface area contributed by atoms with E-state index in [0.717, 1.165) is 0 Å². The quantitative estimate of drug-likeness (QED) is 0.641. The number of ether oxygens (including phenoxy) is 2. The highest BCUT2D eigenvalue weighted by Gasteiger charge is 2.15. The van der Waals surface area contributed by atoms with Gasteiger partial charge in [0.05, 0.1) is 18.8 Å². The molecule has 7 heteroatoms. The second-order valence-electron chi connectivity index (χ2n) is 4.38. The van der Waals surface area contributed by atoms with Crippen molar-refractivity contribution in [2.45, 2.75) is 13.8 Å². The molecule has 0 atom stereocenters. The zero-order chi connectivity index (χ0) is 16.1. The first-order valence-corrected chi connectivity index (χ1v) is 6.86. The van der Waals surface area contributed by atoms with E-state index in [0.29, 0.717) is 23.6 Å². The number of nitrogen functional groups attached to an aromatic ring is 1. The number of esters is 1. The maximum atomic E-state index is 12.0. The minimum Gasteiger partial charge on any atom is -0.493 e. The van der Waals surface area contributed by atoms with Crippen LogP contribution in [0.3, 0.4) is 0 Å². The molecule has 2 aromatic rings. The number of nitrogens with two attached hydrogens (primary N) is 1. The van der Waals surface area contributed by atoms with Gasteiger partial charge in [0.25, 0.3) is 5.56 Å². The lowest BCUT2D eigenvalue weighted by Gasteiger charge is -2.10. The van der Waals surface area contributed by atoms with Gasteiger partial charge in [-0.15, -0.1) is 0 Å². The van der Waals surface area contributed by atoms with E-state index in [1.165, 1.54) is 6.20 Å². The Hall–Kier alpha value is -2.83. The molecule has 1 aromatic heterocycles. The van der Waals surface area contributed by atoms with Crippen LogP contribution in [-0.4, -0.2) is 29.2 Å². The summed E-state index contributed by atoms with van der Waals surface area (Å²) in [6.07, 6.45) is 1.19. The molecule has 0 aliphatic carbocycles. The number of carbonyl (C=O) groups excluding carboxylic acids is 1. The molecule has 116 valence electrons. The number of hydrogen-bond acceptors (Lipinski definition) is 6. The van der Waals surface area contributed by atoms with Crippen LogP contribution in [-0.2, 0) is 4.74 Å². The number of aromatic amines is 1. The van der Waals surface area contributed by atoms with Gasteiger partial charge in [-0.2, -0.15) is 0 Å². The molecule has 0 amide bonds. The largest absolute Gasteiger partial charge is 0.493 e. The third kappa shape index (κ3) is 3.25. The van der Waals surface area contributed by atoms with Gasteiger partial charge in [-0.1, -0.05) is 0 Å². The molecular formula is C15H17N3O4. The summed E-state index contributed by atoms with van der Waals surface area (Å²) >= 11 is 0. The SMILES string of the molecule is CCOC(=O)c1cnc(-c2cc(N)ccc2OCC)[nH]c1=O. The number of H-pyrrole nitrogens is 1. The van der Waals surface area contributed by atoms with Crippen molar-refractivity contribution in [2.24, 2.45) is 0 Å². The van der Waals surface area contributed by atoms with Gasteiger partial charge < -0.3 is 20.2 Å². The van der Waals surface area contributed by atoms with Crippen LogP contribution in [0.15, 0.2) is 29.2 Å². The second-order valence-corrected chi connectivity index (χ2v) is 4.38. The first-order chi connectivity index (χ1) is 10.6. The summed E-state index contributed by atoms with van der Waals surface area (Å²) in [4.78, 5) is 30.3. The summed E-state index contributed by atoms with van der Waals surface area (Å²) in [5, 5.41) is 0. The minimum atomic E-state index is -0.708. The Kier molecular flexibility index (Phi) is 4.77. The number of benzene rings is 1. The van der Waals surface area contributed by atoms with E-state index in [2.05, 4.69) is 9.97 Å². The molecule has 1 aromatic carbocycles. The monoisotopic (exact) mass is 303 g/mol. The molecule has 0 aliphatic heterocycles. The first kappa shape index (κ1) is 15.6. The molecule has 0 saturated heterocycles. The van der Waals surface area contributed by atoms with Crippen molar-refractivity contribution in [3.05, 3.63) is 40.3 Å². The van der Waals surface area contributed by atoms with E-state index < -0.39 is 11.5 Å². The van der Waals surface area contributed by atoms with Crippen molar-refractivity contribution < 1.29 is 14.3 Å². The molecule has 0 unspecified atom stereocenters. The van der Waals surface area contributed by atoms with Gasteiger partial charge in [-0.05, 0) is 32.0 Å². The number of aromatic nitrogens is 2. The zero-order valence-corrected chi connectivity index (χ0v) is 12.4. The maximum absolute atomic E-state index is 12.0. The summed E-state index contributed by atoms with van der Waals surface area (Å²) < 4.78 is 10.3. The van der Waals surface area contributed by atoms with E-state index in [9.17, 15) is 9.59 Å². The molecule has 0 radical (unpaired) electrons. The Balaban J connectivity index is 2.46. The van der Waals surface area contributed by atoms with Crippen LogP contribution < -0.4 is 16.0 Å². The fraction of sp³-hybridized carbons (Fsp3) is 0.267. The van der Waals surface area contributed by atoms with Crippen molar-refractivity contribution in [3.63, 3.8) is 0 Å². The minimum absolute atomic E-state index is 0.146. The topological polar surface area (TPSA) is 107 Å². The number of rotatable bonds is 5. The summed E-state index contributed by atoms with van der Waals surface area (Å²) in [7, 11) is 0. The van der Waals surface area contributed by atoms with Crippen molar-refractivity contribution >= 4 is 11.7 Å². The highest BCUT2D eigenvalue weighted by molar-refractivity contribution is 5.88. The predicted molar refractivity (Wildman–Crippen MR) is 81.8 cm³/mol. The summed E-state index contributed by atoms with van der Waals surface area (Å²) in [5.41, 5.74) is 6.11. The Labute approximate surface area is 127 Å². The number of carbonyl (C=O) groups is 1. The first-order valence-electron chi connectivity index (χ1n) is 6.86. The third-order valence-electron chi connectivity index (χ3n) is 2.85. The molecule has 1 heterocycles. The molecule has 3 N–H and O–H groups in total. The maximum Gasteiger partial charge on any atom is 0.345 e. The van der Waals surface area contributed by atoms with Crippen LogP contribution in [0.1, 0.15) is 24.2 Å². The van der Waals surface area contributed by atoms with Crippen LogP contribution in [0.25, 0.3) is 11.4 Å². The molecule has 7 nitrogen and oxygen atoms in total. The van der Waals surface area contributed by atoms with Gasteiger partial charge in [-0.25, -0.2) is 9.78 Å². The molecule has 0 spiro atoms. The average molecular weight is 303 g/mol. The lowest BCUT2D eigenvalue weighted by Crippen LogP contribution is -2.21. The van der Waals surface area contributed by atoms with Gasteiger partial charge in [-0.3, -0.25) is 4.79 Å². The van der Waals surface area contributed by atoms with Gasteiger partial charge in [0, 0.05) is 11.9 Å². The summed E-state index contributed by atoms with van der Waals surface area (Å²) in [5.74, 6) is 0.109. The van der Waals surface area contributed by atoms with E-state index >= 15 is 0 Å². The van der Waals surface area contributed by atoms with Crippen LogP contribution in [0.5, 0.6) is 5.75 Å². The van der Waals surface area contributed by atoms with E-state index in [1.807, 2.05) is 6.92 Å². The number of nitrogens with zero attached hydrogens (tertiary/aromatic N) is 1. The Morgan fingerprint density at radius 2 is 2.09 bits per heavy atom. The Morgan fingerprint density at radius 1 is 1.32 bits per heavy atom. The molecule has 0 aliphatic rings. The number of hydrogen-bond donors (Lipinski definition) is 2. The van der Waals surface area contributed by atoms with Crippen LogP contribution >= 0.6 is 0 Å². The summed E-state index contributed by atoms with van der Waals surface area (Å²) in [6, 6.07) is 5.04. The molecule has 0 bridgehead atoms. The fourth-order valence-electron chi connectivity index (χ4n) is 1.90. The fourth-order valence-corrected chi connectivity index (χ4v) is 1.90. The van der Waals surface area contributed by atoms with Crippen molar-refractivity contribution in [1.82, 2.24) is 9.97 Å². The third-order valence-corrected chi connectivity index (χ3v) is 2.85. The van der Waals surface area contributed by atoms with Crippen LogP contribution in [0, 0.1) is 0 Å². The lowest BCUT2D eigenvalue weighted by molar-refractivity contribution is 0.0524. The Morgan fingerprint density at radius 3 is 2.73 bits per heavy atom. The van der Waals surface area contributed by atoms with Crippen molar-refractivity contribution in [2.75, 3.05) is 18.9 Å². The normalized spacial score (nSPS) is 10.3. The van der Waals surface area contributed by atoms with Crippen LogP contribution in [0.2, 0.25) is 0 Å². The molecule has 22 heavy (non-hydrogen) atoms. The van der Waals surface area contributed by atoms with Crippen molar-refractivity contribution in [1.29, 1.82) is 0 Å². The smallest absolute Gasteiger partial charge is 0.345 e. The molecule has 0 saturated carbocycles. The number of anilines is 1. The second kappa shape index (κ2) is 6.75. The van der Waals surface area contributed by atoms with Gasteiger partial charge in [0.1, 0.15) is 17.1 Å². The molecule has 2 rings (SSSR count). The average Bonchev–Trinajstić information content (AvgIpc) is 2.49. The van der Waals surface area contributed by atoms with Gasteiger partial charge >= 0.3 is 5.97 Å². The highest BCUT2D eigenvalue weighted by atomic mass is 16.5. The molecule has 0 fully saturated rings. The van der Waals surface area contributed by atoms with Crippen molar-refractivity contribution in [3.8, 4) is 17.1 Å². The number of nitrogens with one attached hydrogen (secondary N) is 1. The van der Waals surface area contributed by atoms with E-state index in [4.69, 9.17) is 15.2 Å².